The molecule has 0 saturated carbocycles. The second kappa shape index (κ2) is 5.78. The third kappa shape index (κ3) is 2.47. The van der Waals surface area contributed by atoms with E-state index < -0.39 is 0 Å². The highest BCUT2D eigenvalue weighted by Crippen LogP contribution is 2.34. The third-order valence-electron chi connectivity index (χ3n) is 3.73. The first kappa shape index (κ1) is 14.5. The number of fused-ring (bicyclic) bond motifs is 1. The molecule has 0 bridgehead atoms. The summed E-state index contributed by atoms with van der Waals surface area (Å²) in [5, 5.41) is 3.00. The van der Waals surface area contributed by atoms with Gasteiger partial charge in [0.25, 0.3) is 0 Å². The number of rotatable bonds is 4. The molecule has 0 amide bonds. The summed E-state index contributed by atoms with van der Waals surface area (Å²) in [6, 6.07) is 6.41. The van der Waals surface area contributed by atoms with Crippen molar-refractivity contribution in [2.24, 2.45) is 0 Å². The van der Waals surface area contributed by atoms with Crippen molar-refractivity contribution in [1.82, 2.24) is 14.5 Å². The summed E-state index contributed by atoms with van der Waals surface area (Å²) in [5.41, 5.74) is 3.40. The van der Waals surface area contributed by atoms with Gasteiger partial charge in [-0.1, -0.05) is 19.1 Å². The highest BCUT2D eigenvalue weighted by molar-refractivity contribution is 7.09. The smallest absolute Gasteiger partial charge is 0.128 e. The molecule has 0 N–H and O–H groups in total. The normalized spacial score (nSPS) is 14.5. The van der Waals surface area contributed by atoms with Crippen LogP contribution in [0.2, 0.25) is 0 Å². The van der Waals surface area contributed by atoms with Crippen LogP contribution in [-0.4, -0.2) is 14.5 Å². The lowest BCUT2D eigenvalue weighted by Crippen LogP contribution is -2.14. The summed E-state index contributed by atoms with van der Waals surface area (Å²) >= 11 is 8.08. The first-order chi connectivity index (χ1) is 10.1. The van der Waals surface area contributed by atoms with Gasteiger partial charge >= 0.3 is 0 Å². The van der Waals surface area contributed by atoms with Gasteiger partial charge in [-0.3, -0.25) is 0 Å². The maximum absolute atomic E-state index is 6.39. The lowest BCUT2D eigenvalue weighted by Gasteiger charge is -2.20. The monoisotopic (exact) mass is 319 g/mol. The van der Waals surface area contributed by atoms with Crippen LogP contribution < -0.4 is 0 Å². The Kier molecular flexibility index (Phi) is 4.00. The number of imidazole rings is 1. The van der Waals surface area contributed by atoms with Gasteiger partial charge in [0, 0.05) is 11.6 Å². The van der Waals surface area contributed by atoms with Gasteiger partial charge in [-0.05, 0) is 31.9 Å². The highest BCUT2D eigenvalue weighted by atomic mass is 35.5. The number of hydrogen-bond acceptors (Lipinski definition) is 3. The van der Waals surface area contributed by atoms with Crippen molar-refractivity contribution in [1.29, 1.82) is 0 Å². The van der Waals surface area contributed by atoms with Gasteiger partial charge < -0.3 is 4.57 Å². The molecule has 0 spiro atoms. The number of aryl methyl sites for hydroxylation is 1. The Morgan fingerprint density at radius 3 is 2.81 bits per heavy atom. The average Bonchev–Trinajstić information content (AvgIpc) is 3.09. The summed E-state index contributed by atoms with van der Waals surface area (Å²) < 4.78 is 2.28. The van der Waals surface area contributed by atoms with Crippen molar-refractivity contribution >= 4 is 34.0 Å². The Hall–Kier alpha value is -1.39. The summed E-state index contributed by atoms with van der Waals surface area (Å²) in [4.78, 5) is 9.27. The van der Waals surface area contributed by atoms with Gasteiger partial charge in [-0.25, -0.2) is 9.97 Å². The van der Waals surface area contributed by atoms with Crippen LogP contribution in [0.3, 0.4) is 0 Å². The number of halogens is 1. The second-order valence-corrected chi connectivity index (χ2v) is 6.77. The molecular formula is C16H18ClN3S. The van der Waals surface area contributed by atoms with Gasteiger partial charge in [0.2, 0.25) is 0 Å². The number of para-hydroxylation sites is 1. The molecule has 3 rings (SSSR count). The first-order valence-electron chi connectivity index (χ1n) is 7.14. The third-order valence-corrected chi connectivity index (χ3v) is 4.80. The average molecular weight is 320 g/mol. The van der Waals surface area contributed by atoms with Crippen molar-refractivity contribution in [3.8, 4) is 0 Å². The van der Waals surface area contributed by atoms with Crippen LogP contribution in [0.4, 0.5) is 0 Å². The van der Waals surface area contributed by atoms with Crippen molar-refractivity contribution in [2.45, 2.75) is 38.6 Å². The largest absolute Gasteiger partial charge is 0.316 e. The zero-order chi connectivity index (χ0) is 15.0. The molecule has 2 atom stereocenters. The number of hydrogen-bond donors (Lipinski definition) is 0. The molecular weight excluding hydrogens is 302 g/mol. The van der Waals surface area contributed by atoms with E-state index in [0.717, 1.165) is 22.8 Å². The first-order valence-corrected chi connectivity index (χ1v) is 8.46. The molecule has 0 aliphatic carbocycles. The lowest BCUT2D eigenvalue weighted by atomic mass is 10.1. The van der Waals surface area contributed by atoms with Gasteiger partial charge in [-0.2, -0.15) is 0 Å². The minimum Gasteiger partial charge on any atom is -0.316 e. The summed E-state index contributed by atoms with van der Waals surface area (Å²) in [7, 11) is 0. The molecule has 0 fully saturated rings. The maximum atomic E-state index is 6.39. The lowest BCUT2D eigenvalue weighted by molar-refractivity contribution is 0.552. The van der Waals surface area contributed by atoms with Crippen LogP contribution >= 0.6 is 22.9 Å². The Bertz CT molecular complexity index is 746. The Morgan fingerprint density at radius 2 is 2.19 bits per heavy atom. The minimum absolute atomic E-state index is 0.134. The fourth-order valence-electron chi connectivity index (χ4n) is 2.80. The quantitative estimate of drug-likeness (QED) is 0.626. The summed E-state index contributed by atoms with van der Waals surface area (Å²) in [6.45, 7) is 6.28. The molecule has 21 heavy (non-hydrogen) atoms. The predicted molar refractivity (Wildman–Crippen MR) is 89.3 cm³/mol. The van der Waals surface area contributed by atoms with Crippen LogP contribution in [0.25, 0.3) is 11.0 Å². The van der Waals surface area contributed by atoms with E-state index >= 15 is 0 Å². The molecule has 0 aliphatic heterocycles. The van der Waals surface area contributed by atoms with Gasteiger partial charge in [0.1, 0.15) is 10.8 Å². The van der Waals surface area contributed by atoms with Crippen molar-refractivity contribution in [3.63, 3.8) is 0 Å². The second-order valence-electron chi connectivity index (χ2n) is 5.19. The Labute approximate surface area is 133 Å². The Morgan fingerprint density at radius 1 is 1.38 bits per heavy atom. The van der Waals surface area contributed by atoms with E-state index in [0.29, 0.717) is 0 Å². The van der Waals surface area contributed by atoms with E-state index in [-0.39, 0.29) is 11.4 Å². The molecule has 1 aromatic carbocycles. The Balaban J connectivity index is 2.30. The number of alkyl halides is 1. The summed E-state index contributed by atoms with van der Waals surface area (Å²) in [6.07, 6.45) is 2.82. The molecule has 2 unspecified atom stereocenters. The predicted octanol–water partition coefficient (Wildman–Crippen LogP) is 5.10. The van der Waals surface area contributed by atoms with E-state index in [1.165, 1.54) is 11.1 Å². The van der Waals surface area contributed by atoms with E-state index in [9.17, 15) is 0 Å². The van der Waals surface area contributed by atoms with Crippen LogP contribution in [-0.2, 0) is 0 Å². The fraction of sp³-hybridized carbons (Fsp3) is 0.375. The molecule has 0 radical (unpaired) electrons. The fourth-order valence-corrected chi connectivity index (χ4v) is 3.77. The van der Waals surface area contributed by atoms with Crippen molar-refractivity contribution in [2.75, 3.05) is 0 Å². The molecule has 3 aromatic rings. The molecule has 0 aliphatic rings. The molecule has 110 valence electrons. The van der Waals surface area contributed by atoms with Gasteiger partial charge in [-0.15, -0.1) is 22.9 Å². The van der Waals surface area contributed by atoms with E-state index in [2.05, 4.69) is 35.5 Å². The van der Waals surface area contributed by atoms with Gasteiger partial charge in [0.15, 0.2) is 0 Å². The molecule has 2 aromatic heterocycles. The van der Waals surface area contributed by atoms with E-state index in [1.807, 2.05) is 24.6 Å². The van der Waals surface area contributed by atoms with Crippen molar-refractivity contribution in [3.05, 3.63) is 46.2 Å². The van der Waals surface area contributed by atoms with E-state index in [1.54, 1.807) is 11.3 Å². The van der Waals surface area contributed by atoms with Crippen molar-refractivity contribution < 1.29 is 0 Å². The summed E-state index contributed by atoms with van der Waals surface area (Å²) in [5.74, 6) is 0.919. The topological polar surface area (TPSA) is 30.7 Å². The van der Waals surface area contributed by atoms with Crippen LogP contribution in [0.5, 0.6) is 0 Å². The zero-order valence-electron chi connectivity index (χ0n) is 12.4. The van der Waals surface area contributed by atoms with E-state index in [4.69, 9.17) is 16.6 Å². The number of aromatic nitrogens is 3. The number of benzene rings is 1. The SMILES string of the molecule is CCC(c1nccs1)n1c(C(C)Cl)nc2cccc(C)c21. The van der Waals surface area contributed by atoms with Crippen LogP contribution in [0.15, 0.2) is 29.8 Å². The molecule has 3 nitrogen and oxygen atoms in total. The molecule has 2 heterocycles. The zero-order valence-corrected chi connectivity index (χ0v) is 13.9. The molecule has 0 saturated heterocycles. The highest BCUT2D eigenvalue weighted by Gasteiger charge is 2.24. The number of thiazole rings is 1. The van der Waals surface area contributed by atoms with Crippen LogP contribution in [0.1, 0.15) is 48.1 Å². The van der Waals surface area contributed by atoms with Crippen LogP contribution in [0, 0.1) is 6.92 Å². The standard InChI is InChI=1S/C16H18ClN3S/c1-4-13(16-18-8-9-21-16)20-14-10(2)6-5-7-12(14)19-15(20)11(3)17/h5-9,11,13H,4H2,1-3H3. The maximum Gasteiger partial charge on any atom is 0.128 e. The van der Waals surface area contributed by atoms with Gasteiger partial charge in [0.05, 0.1) is 22.5 Å². The number of nitrogens with zero attached hydrogens (tertiary/aromatic N) is 3. The molecule has 5 heteroatoms. The minimum atomic E-state index is -0.134.